The highest BCUT2D eigenvalue weighted by atomic mass is 79.9. The molecule has 6 aromatic heterocycles. The van der Waals surface area contributed by atoms with Crippen LogP contribution >= 0.6 is 47.8 Å². The van der Waals surface area contributed by atoms with Crippen molar-refractivity contribution in [2.75, 3.05) is 29.6 Å². The molecule has 2 amide bonds. The third kappa shape index (κ3) is 11.2. The number of aromatic nitrogens is 6. The van der Waals surface area contributed by atoms with E-state index < -0.39 is 17.3 Å². The third-order valence-electron chi connectivity index (χ3n) is 7.86. The van der Waals surface area contributed by atoms with Gasteiger partial charge in [-0.15, -0.1) is 0 Å². The Labute approximate surface area is 347 Å². The van der Waals surface area contributed by atoms with Gasteiger partial charge < -0.3 is 14.8 Å². The molecule has 0 fully saturated rings. The van der Waals surface area contributed by atoms with Crippen molar-refractivity contribution in [2.45, 2.75) is 92.8 Å². The molecule has 0 spiro atoms. The van der Waals surface area contributed by atoms with Crippen molar-refractivity contribution >= 4 is 93.6 Å². The van der Waals surface area contributed by atoms with Gasteiger partial charge in [-0.1, -0.05) is 68.6 Å². The summed E-state index contributed by atoms with van der Waals surface area (Å²) >= 11 is 10.3. The topological polar surface area (TPSA) is 132 Å². The van der Waals surface area contributed by atoms with Gasteiger partial charge in [0.15, 0.2) is 0 Å². The van der Waals surface area contributed by atoms with Crippen LogP contribution in [0.15, 0.2) is 68.4 Å². The SMILES string of the molecule is CCc1nn2ccc(Br)cc2c1N(C)C(=O)OC(C)(C)C.CCc1nn2ccc(Br)cc2c1NC.CCc1nn2ccc(Br)cc2c1NC(=O)OC(C)(C)C. The van der Waals surface area contributed by atoms with Crippen LogP contribution in [0.25, 0.3) is 16.6 Å². The average molecular weight is 949 g/mol. The summed E-state index contributed by atoms with van der Waals surface area (Å²) in [7, 11) is 3.64. The Kier molecular flexibility index (Phi) is 14.4. The highest BCUT2D eigenvalue weighted by Crippen LogP contribution is 2.30. The van der Waals surface area contributed by atoms with E-state index in [1.54, 1.807) is 16.1 Å². The number of anilines is 3. The number of amides is 2. The lowest BCUT2D eigenvalue weighted by molar-refractivity contribution is 0.0587. The molecular weight excluding hydrogens is 898 g/mol. The Morgan fingerprint density at radius 2 is 1.07 bits per heavy atom. The molecule has 0 bridgehead atoms. The monoisotopic (exact) mass is 945 g/mol. The summed E-state index contributed by atoms with van der Waals surface area (Å²) in [6, 6.07) is 11.7. The molecule has 13 nitrogen and oxygen atoms in total. The lowest BCUT2D eigenvalue weighted by Gasteiger charge is -2.24. The van der Waals surface area contributed by atoms with Gasteiger partial charge >= 0.3 is 12.2 Å². The molecule has 16 heteroatoms. The van der Waals surface area contributed by atoms with Crippen molar-refractivity contribution in [2.24, 2.45) is 0 Å². The molecule has 6 heterocycles. The van der Waals surface area contributed by atoms with Crippen molar-refractivity contribution in [3.8, 4) is 0 Å². The maximum atomic E-state index is 12.3. The number of fused-ring (bicyclic) bond motifs is 3. The number of carbonyl (C=O) groups excluding carboxylic acids is 2. The fourth-order valence-corrected chi connectivity index (χ4v) is 6.53. The lowest BCUT2D eigenvalue weighted by Crippen LogP contribution is -2.34. The van der Waals surface area contributed by atoms with Crippen LogP contribution in [-0.2, 0) is 28.7 Å². The van der Waals surface area contributed by atoms with Crippen LogP contribution < -0.4 is 15.5 Å². The van der Waals surface area contributed by atoms with E-state index in [1.807, 2.05) is 116 Å². The van der Waals surface area contributed by atoms with Crippen molar-refractivity contribution in [1.82, 2.24) is 28.8 Å². The maximum absolute atomic E-state index is 12.3. The zero-order valence-electron chi connectivity index (χ0n) is 33.2. The first-order valence-electron chi connectivity index (χ1n) is 17.9. The highest BCUT2D eigenvalue weighted by Gasteiger charge is 2.25. The second-order valence-corrected chi connectivity index (χ2v) is 17.2. The number of ether oxygens (including phenoxy) is 2. The molecule has 0 atom stereocenters. The predicted molar refractivity (Wildman–Crippen MR) is 231 cm³/mol. The van der Waals surface area contributed by atoms with Gasteiger partial charge in [0.25, 0.3) is 0 Å². The number of pyridine rings is 3. The number of rotatable bonds is 6. The van der Waals surface area contributed by atoms with Crippen molar-refractivity contribution in [3.63, 3.8) is 0 Å². The van der Waals surface area contributed by atoms with Gasteiger partial charge in [0, 0.05) is 46.1 Å². The molecule has 6 rings (SSSR count). The minimum atomic E-state index is -0.528. The molecule has 2 N–H and O–H groups in total. The first kappa shape index (κ1) is 43.6. The largest absolute Gasteiger partial charge is 0.444 e. The molecule has 0 aliphatic heterocycles. The smallest absolute Gasteiger partial charge is 0.414 e. The van der Waals surface area contributed by atoms with Crippen LogP contribution in [0.3, 0.4) is 0 Å². The highest BCUT2D eigenvalue weighted by molar-refractivity contribution is 9.11. The molecule has 0 aromatic carbocycles. The van der Waals surface area contributed by atoms with Gasteiger partial charge in [-0.05, 0) is 97.2 Å². The average Bonchev–Trinajstić information content (AvgIpc) is 3.76. The van der Waals surface area contributed by atoms with Gasteiger partial charge in [0.1, 0.15) is 11.2 Å². The lowest BCUT2D eigenvalue weighted by atomic mass is 10.2. The molecule has 0 aliphatic carbocycles. The number of nitrogens with zero attached hydrogens (tertiary/aromatic N) is 7. The summed E-state index contributed by atoms with van der Waals surface area (Å²) in [5, 5.41) is 19.4. The van der Waals surface area contributed by atoms with Crippen LogP contribution in [0, 0.1) is 0 Å². The summed E-state index contributed by atoms with van der Waals surface area (Å²) in [5.74, 6) is 0. The Morgan fingerprint density at radius 1 is 0.673 bits per heavy atom. The number of hydrogen-bond donors (Lipinski definition) is 2. The van der Waals surface area contributed by atoms with Crippen LogP contribution in [0.5, 0.6) is 0 Å². The first-order valence-corrected chi connectivity index (χ1v) is 20.3. The van der Waals surface area contributed by atoms with Crippen LogP contribution in [0.2, 0.25) is 0 Å². The molecule has 0 aliphatic rings. The van der Waals surface area contributed by atoms with E-state index in [0.717, 1.165) is 77.7 Å². The second-order valence-electron chi connectivity index (χ2n) is 14.4. The summed E-state index contributed by atoms with van der Waals surface area (Å²) in [4.78, 5) is 25.8. The Hall–Kier alpha value is -4.15. The molecule has 6 aromatic rings. The molecule has 0 unspecified atom stereocenters. The van der Waals surface area contributed by atoms with E-state index >= 15 is 0 Å². The number of carbonyl (C=O) groups is 2. The normalized spacial score (nSPS) is 11.5. The molecule has 0 saturated heterocycles. The Balaban J connectivity index is 0.000000187. The van der Waals surface area contributed by atoms with E-state index in [4.69, 9.17) is 9.47 Å². The molecule has 296 valence electrons. The third-order valence-corrected chi connectivity index (χ3v) is 9.34. The van der Waals surface area contributed by atoms with Gasteiger partial charge in [0.2, 0.25) is 0 Å². The Bertz CT molecular complexity index is 2280. The first-order chi connectivity index (χ1) is 25.8. The van der Waals surface area contributed by atoms with Gasteiger partial charge in [-0.25, -0.2) is 23.1 Å². The zero-order valence-corrected chi connectivity index (χ0v) is 38.0. The number of aryl methyl sites for hydroxylation is 3. The van der Waals surface area contributed by atoms with E-state index in [1.165, 1.54) is 4.90 Å². The van der Waals surface area contributed by atoms with Gasteiger partial charge in [-0.2, -0.15) is 15.3 Å². The summed E-state index contributed by atoms with van der Waals surface area (Å²) in [6.45, 7) is 17.2. The standard InChI is InChI=1S/C15H20BrN3O2.C14H18BrN3O2.C10H12BrN3/c1-6-11-13(18(5)14(20)21-15(2,3)4)12-9-10(16)7-8-19(12)17-11;1-5-10-12(16-13(19)20-14(2,3)4)11-8-9(15)6-7-18(11)17-10;1-3-8-10(12-2)9-6-7(11)4-5-14(9)13-8/h7-9H,6H2,1-5H3;6-8H,5H2,1-4H3,(H,16,19);4-6,12H,3H2,1-2H3. The molecule has 55 heavy (non-hydrogen) atoms. The number of hydrogen-bond acceptors (Lipinski definition) is 8. The fourth-order valence-electron chi connectivity index (χ4n) is 5.53. The minimum Gasteiger partial charge on any atom is -0.444 e. The minimum absolute atomic E-state index is 0.382. The molecule has 0 radical (unpaired) electrons. The van der Waals surface area contributed by atoms with Crippen LogP contribution in [0.4, 0.5) is 26.7 Å². The maximum Gasteiger partial charge on any atom is 0.414 e. The predicted octanol–water partition coefficient (Wildman–Crippen LogP) is 10.7. The summed E-state index contributed by atoms with van der Waals surface area (Å²) in [6.07, 6.45) is 7.22. The molecular formula is C39H50Br3N9O4. The van der Waals surface area contributed by atoms with Crippen molar-refractivity contribution < 1.29 is 19.1 Å². The van der Waals surface area contributed by atoms with Gasteiger partial charge in [0.05, 0.1) is 50.7 Å². The van der Waals surface area contributed by atoms with Crippen LogP contribution in [0.1, 0.15) is 79.4 Å². The van der Waals surface area contributed by atoms with E-state index in [9.17, 15) is 9.59 Å². The van der Waals surface area contributed by atoms with Crippen LogP contribution in [-0.4, -0.2) is 66.3 Å². The van der Waals surface area contributed by atoms with E-state index in [2.05, 4.69) is 86.7 Å². The zero-order chi connectivity index (χ0) is 40.8. The number of halogens is 3. The van der Waals surface area contributed by atoms with Gasteiger partial charge in [-0.3, -0.25) is 10.2 Å². The summed E-state index contributed by atoms with van der Waals surface area (Å²) in [5.41, 5.74) is 7.16. The second kappa shape index (κ2) is 18.2. The van der Waals surface area contributed by atoms with Crippen molar-refractivity contribution in [1.29, 1.82) is 0 Å². The Morgan fingerprint density at radius 3 is 1.51 bits per heavy atom. The quantitative estimate of drug-likeness (QED) is 0.169. The van der Waals surface area contributed by atoms with Crippen molar-refractivity contribution in [3.05, 3.63) is 85.5 Å². The van der Waals surface area contributed by atoms with E-state index in [-0.39, 0.29) is 6.09 Å². The van der Waals surface area contributed by atoms with E-state index in [0.29, 0.717) is 5.69 Å². The molecule has 0 saturated carbocycles. The summed E-state index contributed by atoms with van der Waals surface area (Å²) < 4.78 is 19.1. The fraction of sp³-hybridized carbons (Fsp3) is 0.410. The number of nitrogens with one attached hydrogen (secondary N) is 2.